The summed E-state index contributed by atoms with van der Waals surface area (Å²) in [5, 5.41) is 9.65. The van der Waals surface area contributed by atoms with Crippen molar-refractivity contribution in [1.82, 2.24) is 9.80 Å². The van der Waals surface area contributed by atoms with Gasteiger partial charge in [0.05, 0.1) is 6.10 Å². The standard InChI is InChI=1S/C11H26N2O/c1-6-11(14)10(2)13(5)9-7-8-12(3)4/h10-11,14H,6-9H2,1-5H3. The smallest absolute Gasteiger partial charge is 0.0689 e. The van der Waals surface area contributed by atoms with Crippen LogP contribution >= 0.6 is 0 Å². The van der Waals surface area contributed by atoms with Gasteiger partial charge in [-0.2, -0.15) is 0 Å². The molecule has 0 aromatic carbocycles. The van der Waals surface area contributed by atoms with Gasteiger partial charge in [0, 0.05) is 6.04 Å². The van der Waals surface area contributed by atoms with Crippen molar-refractivity contribution < 1.29 is 5.11 Å². The Labute approximate surface area is 88.7 Å². The molecule has 0 aliphatic heterocycles. The highest BCUT2D eigenvalue weighted by Crippen LogP contribution is 2.05. The van der Waals surface area contributed by atoms with E-state index < -0.39 is 0 Å². The molecule has 0 saturated heterocycles. The highest BCUT2D eigenvalue weighted by molar-refractivity contribution is 4.71. The third-order valence-electron chi connectivity index (χ3n) is 2.79. The first kappa shape index (κ1) is 13.9. The van der Waals surface area contributed by atoms with E-state index in [1.165, 1.54) is 0 Å². The first-order chi connectivity index (χ1) is 6.49. The highest BCUT2D eigenvalue weighted by Gasteiger charge is 2.16. The predicted octanol–water partition coefficient (Wildman–Crippen LogP) is 1.03. The van der Waals surface area contributed by atoms with Crippen LogP contribution in [0.5, 0.6) is 0 Å². The van der Waals surface area contributed by atoms with Crippen molar-refractivity contribution in [2.75, 3.05) is 34.2 Å². The fourth-order valence-corrected chi connectivity index (χ4v) is 1.47. The molecule has 0 radical (unpaired) electrons. The monoisotopic (exact) mass is 202 g/mol. The van der Waals surface area contributed by atoms with Gasteiger partial charge in [-0.05, 0) is 54.0 Å². The quantitative estimate of drug-likeness (QED) is 0.668. The number of rotatable bonds is 7. The summed E-state index contributed by atoms with van der Waals surface area (Å²) in [5.74, 6) is 0. The molecule has 2 atom stereocenters. The Morgan fingerprint density at radius 2 is 1.71 bits per heavy atom. The minimum Gasteiger partial charge on any atom is -0.392 e. The Morgan fingerprint density at radius 1 is 1.14 bits per heavy atom. The van der Waals surface area contributed by atoms with Crippen molar-refractivity contribution in [2.24, 2.45) is 0 Å². The summed E-state index contributed by atoms with van der Waals surface area (Å²) in [6, 6.07) is 0.266. The van der Waals surface area contributed by atoms with Gasteiger partial charge in [-0.3, -0.25) is 0 Å². The van der Waals surface area contributed by atoms with Crippen LogP contribution in [0.3, 0.4) is 0 Å². The Bertz CT molecular complexity index is 139. The minimum absolute atomic E-state index is 0.195. The largest absolute Gasteiger partial charge is 0.392 e. The van der Waals surface area contributed by atoms with E-state index in [4.69, 9.17) is 0 Å². The van der Waals surface area contributed by atoms with E-state index in [2.05, 4.69) is 37.9 Å². The molecular weight excluding hydrogens is 176 g/mol. The van der Waals surface area contributed by atoms with Crippen LogP contribution in [0.15, 0.2) is 0 Å². The highest BCUT2D eigenvalue weighted by atomic mass is 16.3. The van der Waals surface area contributed by atoms with Crippen LogP contribution in [0, 0.1) is 0 Å². The van der Waals surface area contributed by atoms with Gasteiger partial charge in [-0.25, -0.2) is 0 Å². The van der Waals surface area contributed by atoms with E-state index in [1.807, 2.05) is 6.92 Å². The summed E-state index contributed by atoms with van der Waals surface area (Å²) < 4.78 is 0. The average molecular weight is 202 g/mol. The predicted molar refractivity (Wildman–Crippen MR) is 61.6 cm³/mol. The van der Waals surface area contributed by atoms with Crippen LogP contribution in [0.1, 0.15) is 26.7 Å². The van der Waals surface area contributed by atoms with Gasteiger partial charge in [0.2, 0.25) is 0 Å². The van der Waals surface area contributed by atoms with Crippen molar-refractivity contribution >= 4 is 0 Å². The minimum atomic E-state index is -0.195. The number of aliphatic hydroxyl groups excluding tert-OH is 1. The van der Waals surface area contributed by atoms with Crippen LogP contribution in [0.4, 0.5) is 0 Å². The zero-order chi connectivity index (χ0) is 11.1. The third kappa shape index (κ3) is 5.58. The Kier molecular flexibility index (Phi) is 7.15. The molecule has 0 fully saturated rings. The second kappa shape index (κ2) is 7.21. The number of likely N-dealkylation sites (N-methyl/N-ethyl adjacent to an activating group) is 1. The number of nitrogens with zero attached hydrogens (tertiary/aromatic N) is 2. The third-order valence-corrected chi connectivity index (χ3v) is 2.79. The second-order valence-electron chi connectivity index (χ2n) is 4.35. The maximum Gasteiger partial charge on any atom is 0.0689 e. The summed E-state index contributed by atoms with van der Waals surface area (Å²) in [6.45, 7) is 6.27. The van der Waals surface area contributed by atoms with Crippen LogP contribution in [-0.2, 0) is 0 Å². The number of aliphatic hydroxyl groups is 1. The van der Waals surface area contributed by atoms with Crippen molar-refractivity contribution in [2.45, 2.75) is 38.8 Å². The van der Waals surface area contributed by atoms with Crippen LogP contribution < -0.4 is 0 Å². The molecule has 3 nitrogen and oxygen atoms in total. The molecule has 0 aliphatic carbocycles. The molecule has 0 spiro atoms. The normalized spacial score (nSPS) is 16.3. The molecule has 1 N–H and O–H groups in total. The molecule has 14 heavy (non-hydrogen) atoms. The van der Waals surface area contributed by atoms with Gasteiger partial charge in [0.1, 0.15) is 0 Å². The maximum atomic E-state index is 9.65. The Morgan fingerprint density at radius 3 is 2.14 bits per heavy atom. The van der Waals surface area contributed by atoms with Gasteiger partial charge >= 0.3 is 0 Å². The molecule has 0 aliphatic rings. The van der Waals surface area contributed by atoms with Gasteiger partial charge in [0.15, 0.2) is 0 Å². The lowest BCUT2D eigenvalue weighted by Crippen LogP contribution is -2.39. The van der Waals surface area contributed by atoms with Gasteiger partial charge in [-0.15, -0.1) is 0 Å². The van der Waals surface area contributed by atoms with E-state index in [0.717, 1.165) is 25.9 Å². The zero-order valence-electron chi connectivity index (χ0n) is 10.3. The summed E-state index contributed by atoms with van der Waals surface area (Å²) in [5.41, 5.74) is 0. The molecule has 0 heterocycles. The lowest BCUT2D eigenvalue weighted by molar-refractivity contribution is 0.0686. The summed E-state index contributed by atoms with van der Waals surface area (Å²) in [7, 11) is 6.26. The van der Waals surface area contributed by atoms with Crippen molar-refractivity contribution in [3.63, 3.8) is 0 Å². The molecule has 2 unspecified atom stereocenters. The van der Waals surface area contributed by atoms with Crippen molar-refractivity contribution in [1.29, 1.82) is 0 Å². The fourth-order valence-electron chi connectivity index (χ4n) is 1.47. The lowest BCUT2D eigenvalue weighted by Gasteiger charge is -2.28. The second-order valence-corrected chi connectivity index (χ2v) is 4.35. The van der Waals surface area contributed by atoms with Crippen molar-refractivity contribution in [3.8, 4) is 0 Å². The molecular formula is C11H26N2O. The fraction of sp³-hybridized carbons (Fsp3) is 1.00. The Hall–Kier alpha value is -0.120. The first-order valence-corrected chi connectivity index (χ1v) is 5.52. The molecule has 0 rings (SSSR count). The van der Waals surface area contributed by atoms with Crippen LogP contribution in [-0.4, -0.2) is 61.3 Å². The summed E-state index contributed by atoms with van der Waals surface area (Å²) >= 11 is 0. The first-order valence-electron chi connectivity index (χ1n) is 5.52. The maximum absolute atomic E-state index is 9.65. The summed E-state index contributed by atoms with van der Waals surface area (Å²) in [4.78, 5) is 4.42. The van der Waals surface area contributed by atoms with Crippen LogP contribution in [0.2, 0.25) is 0 Å². The molecule has 0 amide bonds. The molecule has 0 aromatic heterocycles. The SMILES string of the molecule is CCC(O)C(C)N(C)CCCN(C)C. The topological polar surface area (TPSA) is 26.7 Å². The Balaban J connectivity index is 3.67. The van der Waals surface area contributed by atoms with Gasteiger partial charge < -0.3 is 14.9 Å². The van der Waals surface area contributed by atoms with E-state index in [-0.39, 0.29) is 12.1 Å². The molecule has 0 saturated carbocycles. The van der Waals surface area contributed by atoms with E-state index in [0.29, 0.717) is 0 Å². The summed E-state index contributed by atoms with van der Waals surface area (Å²) in [6.07, 6.45) is 1.79. The molecule has 86 valence electrons. The zero-order valence-corrected chi connectivity index (χ0v) is 10.3. The van der Waals surface area contributed by atoms with E-state index in [1.54, 1.807) is 0 Å². The molecule has 3 heteroatoms. The molecule has 0 aromatic rings. The van der Waals surface area contributed by atoms with E-state index in [9.17, 15) is 5.11 Å². The average Bonchev–Trinajstić information content (AvgIpc) is 2.14. The molecule has 0 bridgehead atoms. The van der Waals surface area contributed by atoms with Crippen LogP contribution in [0.25, 0.3) is 0 Å². The van der Waals surface area contributed by atoms with Crippen molar-refractivity contribution in [3.05, 3.63) is 0 Å². The van der Waals surface area contributed by atoms with E-state index >= 15 is 0 Å². The van der Waals surface area contributed by atoms with Gasteiger partial charge in [-0.1, -0.05) is 6.92 Å². The number of hydrogen-bond acceptors (Lipinski definition) is 3. The number of hydrogen-bond donors (Lipinski definition) is 1. The van der Waals surface area contributed by atoms with Gasteiger partial charge in [0.25, 0.3) is 0 Å². The lowest BCUT2D eigenvalue weighted by atomic mass is 10.1.